The second-order valence-electron chi connectivity index (χ2n) is 4.30. The van der Waals surface area contributed by atoms with Crippen LogP contribution in [0.25, 0.3) is 0 Å². The fraction of sp³-hybridized carbons (Fsp3) is 0.385. The smallest absolute Gasteiger partial charge is 0.255 e. The lowest BCUT2D eigenvalue weighted by Crippen LogP contribution is -2.27. The van der Waals surface area contributed by atoms with Crippen LogP contribution in [0, 0.1) is 6.92 Å². The van der Waals surface area contributed by atoms with Crippen LogP contribution >= 0.6 is 0 Å². The maximum atomic E-state index is 12.2. The zero-order chi connectivity index (χ0) is 13.1. The molecule has 96 valence electrons. The van der Waals surface area contributed by atoms with Gasteiger partial charge < -0.3 is 10.3 Å². The van der Waals surface area contributed by atoms with Gasteiger partial charge in [-0.15, -0.1) is 0 Å². The molecule has 0 aliphatic carbocycles. The summed E-state index contributed by atoms with van der Waals surface area (Å²) in [6.45, 7) is 5.59. The van der Waals surface area contributed by atoms with Crippen LogP contribution in [0.4, 0.5) is 0 Å². The Balaban J connectivity index is 2.36. The number of hydrogen-bond acceptors (Lipinski definition) is 3. The van der Waals surface area contributed by atoms with Crippen molar-refractivity contribution in [2.75, 3.05) is 0 Å². The molecule has 2 heterocycles. The van der Waals surface area contributed by atoms with Gasteiger partial charge in [-0.1, -0.05) is 6.07 Å². The zero-order valence-electron chi connectivity index (χ0n) is 10.8. The molecule has 5 heteroatoms. The molecule has 0 unspecified atom stereocenters. The largest absolute Gasteiger partial charge is 0.326 e. The number of hydrogen-bond donors (Lipinski definition) is 1. The Kier molecular flexibility index (Phi) is 3.62. The predicted molar refractivity (Wildman–Crippen MR) is 70.3 cm³/mol. The van der Waals surface area contributed by atoms with Gasteiger partial charge in [-0.2, -0.15) is 5.10 Å². The fourth-order valence-corrected chi connectivity index (χ4v) is 1.91. The van der Waals surface area contributed by atoms with Crippen LogP contribution in [-0.4, -0.2) is 14.3 Å². The van der Waals surface area contributed by atoms with Gasteiger partial charge in [-0.05, 0) is 19.9 Å². The van der Waals surface area contributed by atoms with Gasteiger partial charge in [0, 0.05) is 36.1 Å². The van der Waals surface area contributed by atoms with E-state index in [1.807, 2.05) is 30.8 Å². The number of nitrogens with two attached hydrogens (primary N) is 1. The molecular weight excluding hydrogens is 228 g/mol. The van der Waals surface area contributed by atoms with Crippen molar-refractivity contribution in [2.24, 2.45) is 5.73 Å². The Morgan fingerprint density at radius 3 is 2.78 bits per heavy atom. The van der Waals surface area contributed by atoms with E-state index >= 15 is 0 Å². The summed E-state index contributed by atoms with van der Waals surface area (Å²) in [5, 5.41) is 4.21. The Labute approximate surface area is 106 Å². The molecule has 0 fully saturated rings. The first-order chi connectivity index (χ1) is 8.65. The van der Waals surface area contributed by atoms with E-state index < -0.39 is 0 Å². The number of nitrogens with zero attached hydrogens (tertiary/aromatic N) is 3. The number of aromatic nitrogens is 3. The molecule has 5 nitrogen and oxygen atoms in total. The molecule has 0 aromatic carbocycles. The van der Waals surface area contributed by atoms with Crippen molar-refractivity contribution < 1.29 is 0 Å². The van der Waals surface area contributed by atoms with Crippen LogP contribution in [-0.2, 0) is 19.6 Å². The Bertz CT molecular complexity index is 597. The minimum absolute atomic E-state index is 0.0123. The van der Waals surface area contributed by atoms with E-state index in [1.165, 1.54) is 0 Å². The molecule has 2 aromatic heterocycles. The third-order valence-corrected chi connectivity index (χ3v) is 3.04. The third-order valence-electron chi connectivity index (χ3n) is 3.04. The number of rotatable bonds is 4. The Morgan fingerprint density at radius 1 is 1.39 bits per heavy atom. The van der Waals surface area contributed by atoms with Gasteiger partial charge in [0.15, 0.2) is 0 Å². The topological polar surface area (TPSA) is 65.8 Å². The van der Waals surface area contributed by atoms with Gasteiger partial charge in [-0.25, -0.2) is 0 Å². The SMILES string of the molecule is CCn1cc(Cn2c(C)ccc(CN)c2=O)cn1. The highest BCUT2D eigenvalue weighted by atomic mass is 16.1. The Morgan fingerprint density at radius 2 is 2.17 bits per heavy atom. The summed E-state index contributed by atoms with van der Waals surface area (Å²) in [6, 6.07) is 3.72. The molecular formula is C13H18N4O. The van der Waals surface area contributed by atoms with Gasteiger partial charge in [0.2, 0.25) is 0 Å². The van der Waals surface area contributed by atoms with Crippen molar-refractivity contribution in [3.05, 3.63) is 51.7 Å². The maximum Gasteiger partial charge on any atom is 0.255 e. The van der Waals surface area contributed by atoms with E-state index in [2.05, 4.69) is 5.10 Å². The molecule has 2 aromatic rings. The van der Waals surface area contributed by atoms with Crippen molar-refractivity contribution in [3.8, 4) is 0 Å². The van der Waals surface area contributed by atoms with Gasteiger partial charge >= 0.3 is 0 Å². The van der Waals surface area contributed by atoms with E-state index in [0.29, 0.717) is 12.1 Å². The summed E-state index contributed by atoms with van der Waals surface area (Å²) in [7, 11) is 0. The van der Waals surface area contributed by atoms with Crippen LogP contribution in [0.15, 0.2) is 29.3 Å². The molecule has 0 aliphatic rings. The fourth-order valence-electron chi connectivity index (χ4n) is 1.91. The van der Waals surface area contributed by atoms with Crippen molar-refractivity contribution in [3.63, 3.8) is 0 Å². The first kappa shape index (κ1) is 12.6. The molecule has 0 spiro atoms. The highest BCUT2D eigenvalue weighted by molar-refractivity contribution is 5.17. The molecule has 0 radical (unpaired) electrons. The molecule has 0 amide bonds. The maximum absolute atomic E-state index is 12.2. The summed E-state index contributed by atoms with van der Waals surface area (Å²) in [5.41, 5.74) is 8.14. The second kappa shape index (κ2) is 5.18. The lowest BCUT2D eigenvalue weighted by Gasteiger charge is -2.10. The normalized spacial score (nSPS) is 10.8. The van der Waals surface area contributed by atoms with Gasteiger partial charge in [0.25, 0.3) is 5.56 Å². The van der Waals surface area contributed by atoms with Crippen LogP contribution < -0.4 is 11.3 Å². The summed E-state index contributed by atoms with van der Waals surface area (Å²) in [6.07, 6.45) is 3.76. The van der Waals surface area contributed by atoms with E-state index in [1.54, 1.807) is 16.8 Å². The average molecular weight is 246 g/mol. The average Bonchev–Trinajstić information content (AvgIpc) is 2.82. The van der Waals surface area contributed by atoms with Crippen molar-refractivity contribution in [2.45, 2.75) is 33.5 Å². The third kappa shape index (κ3) is 2.36. The summed E-state index contributed by atoms with van der Waals surface area (Å²) < 4.78 is 3.59. The second-order valence-corrected chi connectivity index (χ2v) is 4.30. The van der Waals surface area contributed by atoms with E-state index in [-0.39, 0.29) is 12.1 Å². The molecule has 18 heavy (non-hydrogen) atoms. The van der Waals surface area contributed by atoms with Crippen molar-refractivity contribution in [1.82, 2.24) is 14.3 Å². The van der Waals surface area contributed by atoms with Crippen LogP contribution in [0.5, 0.6) is 0 Å². The van der Waals surface area contributed by atoms with Gasteiger partial charge in [-0.3, -0.25) is 9.48 Å². The molecule has 2 N–H and O–H groups in total. The van der Waals surface area contributed by atoms with Gasteiger partial charge in [0.05, 0.1) is 12.7 Å². The molecule has 2 rings (SSSR count). The van der Waals surface area contributed by atoms with Gasteiger partial charge in [0.1, 0.15) is 0 Å². The first-order valence-electron chi connectivity index (χ1n) is 6.06. The summed E-state index contributed by atoms with van der Waals surface area (Å²) in [4.78, 5) is 12.2. The van der Waals surface area contributed by atoms with E-state index in [4.69, 9.17) is 5.73 Å². The van der Waals surface area contributed by atoms with Crippen LogP contribution in [0.1, 0.15) is 23.7 Å². The minimum Gasteiger partial charge on any atom is -0.326 e. The lowest BCUT2D eigenvalue weighted by atomic mass is 10.2. The quantitative estimate of drug-likeness (QED) is 0.871. The molecule has 0 saturated carbocycles. The zero-order valence-corrected chi connectivity index (χ0v) is 10.8. The van der Waals surface area contributed by atoms with Crippen LogP contribution in [0.2, 0.25) is 0 Å². The van der Waals surface area contributed by atoms with Crippen LogP contribution in [0.3, 0.4) is 0 Å². The summed E-state index contributed by atoms with van der Waals surface area (Å²) >= 11 is 0. The first-order valence-corrected chi connectivity index (χ1v) is 6.06. The van der Waals surface area contributed by atoms with E-state index in [9.17, 15) is 4.79 Å². The molecule has 0 bridgehead atoms. The Hall–Kier alpha value is -1.88. The minimum atomic E-state index is -0.0123. The highest BCUT2D eigenvalue weighted by Crippen LogP contribution is 2.04. The predicted octanol–water partition coefficient (Wildman–Crippen LogP) is 0.880. The standard InChI is InChI=1S/C13H18N4O/c1-3-16-8-11(7-15-16)9-17-10(2)4-5-12(6-14)13(17)18/h4-5,7-8H,3,6,9,14H2,1-2H3. The van der Waals surface area contributed by atoms with E-state index in [0.717, 1.165) is 17.8 Å². The summed E-state index contributed by atoms with van der Waals surface area (Å²) in [5.74, 6) is 0. The molecule has 0 saturated heterocycles. The van der Waals surface area contributed by atoms with Crippen molar-refractivity contribution >= 4 is 0 Å². The van der Waals surface area contributed by atoms with Crippen molar-refractivity contribution in [1.29, 1.82) is 0 Å². The number of aryl methyl sites for hydroxylation is 2. The number of pyridine rings is 1. The lowest BCUT2D eigenvalue weighted by molar-refractivity contribution is 0.657. The molecule has 0 atom stereocenters. The molecule has 0 aliphatic heterocycles. The highest BCUT2D eigenvalue weighted by Gasteiger charge is 2.07. The monoisotopic (exact) mass is 246 g/mol.